The van der Waals surface area contributed by atoms with Crippen LogP contribution >= 0.6 is 0 Å². The van der Waals surface area contributed by atoms with Gasteiger partial charge < -0.3 is 16.6 Å². The number of hydrogen-bond donors (Lipinski definition) is 0. The Balaban J connectivity index is 0.000000640. The van der Waals surface area contributed by atoms with Crippen LogP contribution in [0.2, 0.25) is 0 Å². The molecule has 1 radical (unpaired) electrons. The molecule has 0 aliphatic heterocycles. The van der Waals surface area contributed by atoms with Gasteiger partial charge in [0, 0.05) is 32.7 Å². The van der Waals surface area contributed by atoms with Gasteiger partial charge in [0.2, 0.25) is 0 Å². The van der Waals surface area contributed by atoms with Crippen molar-refractivity contribution in [2.24, 2.45) is 0 Å². The SMILES string of the molecule is [CH2-]Cc1nnoc1[O-].[Y]. The van der Waals surface area contributed by atoms with E-state index < -0.39 is 5.95 Å². The van der Waals surface area contributed by atoms with E-state index >= 15 is 0 Å². The predicted octanol–water partition coefficient (Wildman–Crippen LogP) is -0.483. The summed E-state index contributed by atoms with van der Waals surface area (Å²) in [5, 5.41) is 16.7. The normalized spacial score (nSPS) is 8.56. The van der Waals surface area contributed by atoms with Crippen LogP contribution in [0.3, 0.4) is 0 Å². The van der Waals surface area contributed by atoms with E-state index in [4.69, 9.17) is 0 Å². The van der Waals surface area contributed by atoms with Crippen molar-refractivity contribution in [3.63, 3.8) is 0 Å². The molecule has 0 aromatic carbocycles. The summed E-state index contributed by atoms with van der Waals surface area (Å²) in [6, 6.07) is 0. The zero-order valence-corrected chi connectivity index (χ0v) is 7.54. The molecule has 9 heavy (non-hydrogen) atoms. The summed E-state index contributed by atoms with van der Waals surface area (Å²) in [6.45, 7) is 3.43. The molecule has 1 rings (SSSR count). The molecule has 0 amide bonds. The fraction of sp³-hybridized carbons (Fsp3) is 0.250. The Labute approximate surface area is 77.5 Å². The number of hydrogen-bond acceptors (Lipinski definition) is 4. The fourth-order valence-corrected chi connectivity index (χ4v) is 0.352. The molecule has 5 heteroatoms. The molecule has 47 valence electrons. The van der Waals surface area contributed by atoms with Gasteiger partial charge in [0.1, 0.15) is 0 Å². The number of aromatic nitrogens is 2. The van der Waals surface area contributed by atoms with E-state index in [-0.39, 0.29) is 38.4 Å². The van der Waals surface area contributed by atoms with Crippen LogP contribution in [-0.2, 0) is 39.1 Å². The molecule has 0 saturated heterocycles. The van der Waals surface area contributed by atoms with E-state index in [9.17, 15) is 5.11 Å². The van der Waals surface area contributed by atoms with Gasteiger partial charge in [0.15, 0.2) is 0 Å². The number of rotatable bonds is 1. The third-order valence-electron chi connectivity index (χ3n) is 0.758. The summed E-state index contributed by atoms with van der Waals surface area (Å²) in [4.78, 5) is 0. The van der Waals surface area contributed by atoms with Gasteiger partial charge in [0.05, 0.1) is 11.6 Å². The Bertz CT molecular complexity index is 177. The summed E-state index contributed by atoms with van der Waals surface area (Å²) >= 11 is 0. The molecular weight excluding hydrogens is 197 g/mol. The minimum Gasteiger partial charge on any atom is -0.542 e. The van der Waals surface area contributed by atoms with Crippen LogP contribution in [0.25, 0.3) is 0 Å². The summed E-state index contributed by atoms with van der Waals surface area (Å²) in [6.07, 6.45) is 0.336. The molecule has 0 N–H and O–H groups in total. The quantitative estimate of drug-likeness (QED) is 0.575. The van der Waals surface area contributed by atoms with Crippen molar-refractivity contribution in [3.05, 3.63) is 12.6 Å². The average molecular weight is 201 g/mol. The molecule has 0 spiro atoms. The Hall–Kier alpha value is 0.0439. The van der Waals surface area contributed by atoms with E-state index in [1.165, 1.54) is 0 Å². The van der Waals surface area contributed by atoms with E-state index in [2.05, 4.69) is 21.8 Å². The Kier molecular flexibility index (Phi) is 3.98. The second-order valence-electron chi connectivity index (χ2n) is 1.26. The second-order valence-corrected chi connectivity index (χ2v) is 1.26. The Morgan fingerprint density at radius 3 is 2.56 bits per heavy atom. The number of nitrogens with zero attached hydrogens (tertiary/aromatic N) is 2. The van der Waals surface area contributed by atoms with Crippen LogP contribution in [0.15, 0.2) is 4.52 Å². The topological polar surface area (TPSA) is 62.0 Å². The van der Waals surface area contributed by atoms with Crippen molar-refractivity contribution < 1.29 is 42.3 Å². The zero-order chi connectivity index (χ0) is 5.98. The maximum Gasteiger partial charge on any atom is 0.0977 e. The van der Waals surface area contributed by atoms with Crippen molar-refractivity contribution in [3.8, 4) is 5.95 Å². The van der Waals surface area contributed by atoms with Gasteiger partial charge in [-0.25, -0.2) is 0 Å². The monoisotopic (exact) mass is 201 g/mol. The molecule has 0 aliphatic carbocycles. The van der Waals surface area contributed by atoms with E-state index in [1.54, 1.807) is 0 Å². The van der Waals surface area contributed by atoms with E-state index in [0.29, 0.717) is 6.42 Å². The van der Waals surface area contributed by atoms with Crippen LogP contribution in [0.1, 0.15) is 5.69 Å². The molecule has 0 saturated carbocycles. The minimum atomic E-state index is -0.486. The summed E-state index contributed by atoms with van der Waals surface area (Å²) in [5.74, 6) is -0.486. The predicted molar refractivity (Wildman–Crippen MR) is 22.8 cm³/mol. The van der Waals surface area contributed by atoms with E-state index in [1.807, 2.05) is 0 Å². The molecule has 1 heterocycles. The van der Waals surface area contributed by atoms with Crippen molar-refractivity contribution in [2.75, 3.05) is 0 Å². The first-order chi connectivity index (χ1) is 3.84. The third-order valence-corrected chi connectivity index (χ3v) is 0.758. The van der Waals surface area contributed by atoms with Crippen LogP contribution in [0.5, 0.6) is 5.95 Å². The van der Waals surface area contributed by atoms with Crippen LogP contribution in [0, 0.1) is 6.92 Å². The maximum atomic E-state index is 10.3. The summed E-state index contributed by atoms with van der Waals surface area (Å²) in [7, 11) is 0. The molecular formula is C4H4N2O2Y-2. The van der Waals surface area contributed by atoms with Gasteiger partial charge in [0.25, 0.3) is 0 Å². The molecule has 0 aliphatic rings. The fourth-order valence-electron chi connectivity index (χ4n) is 0.352. The second kappa shape index (κ2) is 3.96. The van der Waals surface area contributed by atoms with Crippen molar-refractivity contribution in [2.45, 2.75) is 6.42 Å². The van der Waals surface area contributed by atoms with Crippen molar-refractivity contribution >= 4 is 0 Å². The molecule has 1 aromatic heterocycles. The van der Waals surface area contributed by atoms with Crippen molar-refractivity contribution in [1.29, 1.82) is 0 Å². The summed E-state index contributed by atoms with van der Waals surface area (Å²) < 4.78 is 4.10. The molecule has 0 atom stereocenters. The van der Waals surface area contributed by atoms with Crippen LogP contribution < -0.4 is 5.11 Å². The van der Waals surface area contributed by atoms with Gasteiger partial charge >= 0.3 is 0 Å². The average Bonchev–Trinajstić information content (AvgIpc) is 2.14. The smallest absolute Gasteiger partial charge is 0.0977 e. The first-order valence-electron chi connectivity index (χ1n) is 2.12. The zero-order valence-electron chi connectivity index (χ0n) is 4.70. The van der Waals surface area contributed by atoms with Crippen LogP contribution in [0.4, 0.5) is 0 Å². The van der Waals surface area contributed by atoms with Crippen molar-refractivity contribution in [1.82, 2.24) is 10.4 Å². The molecule has 0 fully saturated rings. The Morgan fingerprint density at radius 1 is 1.67 bits per heavy atom. The molecule has 0 unspecified atom stereocenters. The van der Waals surface area contributed by atoms with Gasteiger partial charge in [-0.15, -0.1) is 11.5 Å². The maximum absolute atomic E-state index is 10.3. The molecule has 0 bridgehead atoms. The van der Waals surface area contributed by atoms with Crippen LogP contribution in [-0.4, -0.2) is 10.4 Å². The molecule has 1 aromatic rings. The van der Waals surface area contributed by atoms with Gasteiger partial charge in [-0.1, -0.05) is 5.27 Å². The first kappa shape index (κ1) is 9.04. The standard InChI is InChI=1S/C4H5N2O2.Y/c1-2-3-4(7)8-6-5-3;/h7H,1-2H2;/q-1;/p-1. The molecule has 4 nitrogen and oxygen atoms in total. The largest absolute Gasteiger partial charge is 0.542 e. The van der Waals surface area contributed by atoms with Gasteiger partial charge in [-0.3, -0.25) is 0 Å². The third kappa shape index (κ3) is 2.03. The summed E-state index contributed by atoms with van der Waals surface area (Å²) in [5.41, 5.74) is 0.282. The minimum absolute atomic E-state index is 0. The first-order valence-corrected chi connectivity index (χ1v) is 2.12. The van der Waals surface area contributed by atoms with Gasteiger partial charge in [-0.2, -0.15) is 0 Å². The Morgan fingerprint density at radius 2 is 2.33 bits per heavy atom. The van der Waals surface area contributed by atoms with Gasteiger partial charge in [-0.05, 0) is 0 Å². The van der Waals surface area contributed by atoms with E-state index in [0.717, 1.165) is 0 Å².